The van der Waals surface area contributed by atoms with Crippen molar-refractivity contribution < 1.29 is 18.7 Å². The second-order valence-electron chi connectivity index (χ2n) is 5.25. The Labute approximate surface area is 125 Å². The maximum atomic E-state index is 13.8. The number of benzene rings is 1. The van der Waals surface area contributed by atoms with Gasteiger partial charge in [0.05, 0.1) is 13.1 Å². The van der Waals surface area contributed by atoms with Crippen molar-refractivity contribution in [3.63, 3.8) is 0 Å². The topological polar surface area (TPSA) is 71.2 Å². The molecule has 0 saturated heterocycles. The van der Waals surface area contributed by atoms with E-state index < -0.39 is 23.6 Å². The first kappa shape index (κ1) is 14.6. The third kappa shape index (κ3) is 2.45. The van der Waals surface area contributed by atoms with E-state index in [2.05, 4.69) is 10.2 Å². The van der Waals surface area contributed by atoms with Gasteiger partial charge in [-0.05, 0) is 13.0 Å². The van der Waals surface area contributed by atoms with Gasteiger partial charge in [-0.3, -0.25) is 9.69 Å². The van der Waals surface area contributed by atoms with Crippen LogP contribution in [0.3, 0.4) is 0 Å². The standard InChI is InChI=1S/C14H14F2N4O2/c1-8-17-18-12-7-19(11(14(21)22)6-20(8)12)5-9-3-2-4-10(15)13(9)16/h2-4,11H,5-7H2,1H3,(H,21,22). The van der Waals surface area contributed by atoms with Crippen molar-refractivity contribution in [2.75, 3.05) is 0 Å². The van der Waals surface area contributed by atoms with E-state index in [4.69, 9.17) is 0 Å². The van der Waals surface area contributed by atoms with Crippen LogP contribution in [0, 0.1) is 18.6 Å². The number of fused-ring (bicyclic) bond motifs is 1. The zero-order chi connectivity index (χ0) is 15.9. The van der Waals surface area contributed by atoms with Crippen LogP contribution in [0.1, 0.15) is 17.2 Å². The number of nitrogens with zero attached hydrogens (tertiary/aromatic N) is 4. The minimum atomic E-state index is -1.02. The highest BCUT2D eigenvalue weighted by atomic mass is 19.2. The van der Waals surface area contributed by atoms with Gasteiger partial charge < -0.3 is 9.67 Å². The van der Waals surface area contributed by atoms with Crippen molar-refractivity contribution in [2.24, 2.45) is 0 Å². The Balaban J connectivity index is 1.91. The number of rotatable bonds is 3. The number of aryl methyl sites for hydroxylation is 1. The third-order valence-corrected chi connectivity index (χ3v) is 3.84. The fraction of sp³-hybridized carbons (Fsp3) is 0.357. The summed E-state index contributed by atoms with van der Waals surface area (Å²) in [6, 6.07) is 3.04. The molecule has 1 aliphatic heterocycles. The van der Waals surface area contributed by atoms with Gasteiger partial charge in [-0.25, -0.2) is 8.78 Å². The first-order valence-corrected chi connectivity index (χ1v) is 6.76. The molecule has 0 amide bonds. The number of carboxylic acids is 1. The summed E-state index contributed by atoms with van der Waals surface area (Å²) in [6.45, 7) is 2.14. The average molecular weight is 308 g/mol. The van der Waals surface area contributed by atoms with Gasteiger partial charge in [-0.2, -0.15) is 0 Å². The first-order chi connectivity index (χ1) is 10.5. The second-order valence-corrected chi connectivity index (χ2v) is 5.25. The molecule has 0 radical (unpaired) electrons. The van der Waals surface area contributed by atoms with E-state index in [1.54, 1.807) is 16.4 Å². The van der Waals surface area contributed by atoms with Gasteiger partial charge in [0.1, 0.15) is 17.7 Å². The van der Waals surface area contributed by atoms with Crippen LogP contribution in [0.15, 0.2) is 18.2 Å². The van der Waals surface area contributed by atoms with E-state index in [9.17, 15) is 18.7 Å². The van der Waals surface area contributed by atoms with Crippen molar-refractivity contribution in [1.29, 1.82) is 0 Å². The normalized spacial score (nSPS) is 18.2. The Hall–Kier alpha value is -2.35. The number of carbonyl (C=O) groups is 1. The van der Waals surface area contributed by atoms with Gasteiger partial charge in [0.15, 0.2) is 11.6 Å². The lowest BCUT2D eigenvalue weighted by Gasteiger charge is -2.33. The molecule has 3 rings (SSSR count). The lowest BCUT2D eigenvalue weighted by atomic mass is 10.1. The van der Waals surface area contributed by atoms with Crippen molar-refractivity contribution in [1.82, 2.24) is 19.7 Å². The number of carboxylic acid groups (broad SMARTS) is 1. The Morgan fingerprint density at radius 2 is 2.18 bits per heavy atom. The van der Waals surface area contributed by atoms with E-state index in [0.717, 1.165) is 6.07 Å². The van der Waals surface area contributed by atoms with Crippen LogP contribution in [0.2, 0.25) is 0 Å². The summed E-state index contributed by atoms with van der Waals surface area (Å²) in [5.74, 6) is -1.66. The van der Waals surface area contributed by atoms with Crippen molar-refractivity contribution in [2.45, 2.75) is 32.6 Å². The first-order valence-electron chi connectivity index (χ1n) is 6.76. The van der Waals surface area contributed by atoms with Gasteiger partial charge in [0.2, 0.25) is 0 Å². The zero-order valence-corrected chi connectivity index (χ0v) is 11.8. The molecule has 1 aliphatic rings. The highest BCUT2D eigenvalue weighted by molar-refractivity contribution is 5.73. The van der Waals surface area contributed by atoms with Crippen LogP contribution < -0.4 is 0 Å². The molecular weight excluding hydrogens is 294 g/mol. The summed E-state index contributed by atoms with van der Waals surface area (Å²) >= 11 is 0. The molecule has 116 valence electrons. The maximum absolute atomic E-state index is 13.8. The molecule has 6 nitrogen and oxygen atoms in total. The summed E-state index contributed by atoms with van der Waals surface area (Å²) in [5, 5.41) is 17.3. The zero-order valence-electron chi connectivity index (χ0n) is 11.8. The number of hydrogen-bond donors (Lipinski definition) is 1. The summed E-state index contributed by atoms with van der Waals surface area (Å²) in [6.07, 6.45) is 0. The maximum Gasteiger partial charge on any atom is 0.322 e. The monoisotopic (exact) mass is 308 g/mol. The molecule has 8 heteroatoms. The van der Waals surface area contributed by atoms with Crippen LogP contribution in [0.4, 0.5) is 8.78 Å². The van der Waals surface area contributed by atoms with E-state index in [1.165, 1.54) is 12.1 Å². The summed E-state index contributed by atoms with van der Waals surface area (Å²) in [5.41, 5.74) is 0.121. The molecule has 2 heterocycles. The highest BCUT2D eigenvalue weighted by Crippen LogP contribution is 2.22. The van der Waals surface area contributed by atoms with Gasteiger partial charge in [0.25, 0.3) is 0 Å². The fourth-order valence-corrected chi connectivity index (χ4v) is 2.65. The van der Waals surface area contributed by atoms with Crippen LogP contribution in [-0.2, 0) is 24.4 Å². The Morgan fingerprint density at radius 3 is 2.91 bits per heavy atom. The molecule has 1 aromatic carbocycles. The summed E-state index contributed by atoms with van der Waals surface area (Å²) < 4.78 is 28.8. The second kappa shape index (κ2) is 5.45. The van der Waals surface area contributed by atoms with Crippen LogP contribution in [0.25, 0.3) is 0 Å². The Morgan fingerprint density at radius 1 is 1.41 bits per heavy atom. The molecule has 0 bridgehead atoms. The van der Waals surface area contributed by atoms with Crippen molar-refractivity contribution in [3.05, 3.63) is 47.0 Å². The summed E-state index contributed by atoms with van der Waals surface area (Å²) in [7, 11) is 0. The molecule has 2 aromatic rings. The quantitative estimate of drug-likeness (QED) is 0.926. The number of halogens is 2. The average Bonchev–Trinajstić information content (AvgIpc) is 2.84. The van der Waals surface area contributed by atoms with Crippen molar-refractivity contribution in [3.8, 4) is 0 Å². The van der Waals surface area contributed by atoms with Crippen LogP contribution >= 0.6 is 0 Å². The van der Waals surface area contributed by atoms with E-state index in [-0.39, 0.29) is 25.2 Å². The molecule has 1 N–H and O–H groups in total. The fourth-order valence-electron chi connectivity index (χ4n) is 2.65. The predicted octanol–water partition coefficient (Wildman–Crippen LogP) is 1.33. The molecule has 1 atom stereocenters. The van der Waals surface area contributed by atoms with E-state index in [0.29, 0.717) is 11.6 Å². The molecule has 1 aromatic heterocycles. The molecule has 0 saturated carbocycles. The van der Waals surface area contributed by atoms with Crippen LogP contribution in [-0.4, -0.2) is 36.8 Å². The molecule has 22 heavy (non-hydrogen) atoms. The molecular formula is C14H14F2N4O2. The molecule has 0 spiro atoms. The van der Waals surface area contributed by atoms with E-state index in [1.807, 2.05) is 0 Å². The van der Waals surface area contributed by atoms with Crippen molar-refractivity contribution >= 4 is 5.97 Å². The van der Waals surface area contributed by atoms with Gasteiger partial charge in [0, 0.05) is 12.1 Å². The number of aliphatic carboxylic acids is 1. The minimum Gasteiger partial charge on any atom is -0.480 e. The smallest absolute Gasteiger partial charge is 0.322 e. The predicted molar refractivity (Wildman–Crippen MR) is 71.8 cm³/mol. The summed E-state index contributed by atoms with van der Waals surface area (Å²) in [4.78, 5) is 13.0. The lowest BCUT2D eigenvalue weighted by molar-refractivity contribution is -0.145. The lowest BCUT2D eigenvalue weighted by Crippen LogP contribution is -2.47. The number of aromatic nitrogens is 3. The van der Waals surface area contributed by atoms with Crippen LogP contribution in [0.5, 0.6) is 0 Å². The van der Waals surface area contributed by atoms with Gasteiger partial charge in [-0.15, -0.1) is 10.2 Å². The molecule has 0 aliphatic carbocycles. The molecule has 0 fully saturated rings. The van der Waals surface area contributed by atoms with Gasteiger partial charge >= 0.3 is 5.97 Å². The van der Waals surface area contributed by atoms with Gasteiger partial charge in [-0.1, -0.05) is 12.1 Å². The number of hydrogen-bond acceptors (Lipinski definition) is 4. The minimum absolute atomic E-state index is 0.00747. The highest BCUT2D eigenvalue weighted by Gasteiger charge is 2.33. The van der Waals surface area contributed by atoms with E-state index >= 15 is 0 Å². The third-order valence-electron chi connectivity index (χ3n) is 3.84. The Bertz CT molecular complexity index is 732. The largest absolute Gasteiger partial charge is 0.480 e. The molecule has 1 unspecified atom stereocenters. The SMILES string of the molecule is Cc1nnc2n1CC(C(=O)O)N(Cc1cccc(F)c1F)C2. The Kier molecular flexibility index (Phi) is 3.61.